The molecule has 0 aliphatic carbocycles. The van der Waals surface area contributed by atoms with Crippen LogP contribution in [0.4, 0.5) is 0 Å². The Balaban J connectivity index is 2.40. The Morgan fingerprint density at radius 1 is 1.43 bits per heavy atom. The van der Waals surface area contributed by atoms with Gasteiger partial charge in [0, 0.05) is 12.6 Å². The molecule has 1 aliphatic heterocycles. The van der Waals surface area contributed by atoms with Gasteiger partial charge in [0.15, 0.2) is 0 Å². The van der Waals surface area contributed by atoms with Gasteiger partial charge in [-0.25, -0.2) is 0 Å². The van der Waals surface area contributed by atoms with E-state index in [4.69, 9.17) is 4.74 Å². The number of hydrogen-bond donors (Lipinski definition) is 1. The van der Waals surface area contributed by atoms with Crippen LogP contribution in [0.25, 0.3) is 0 Å². The molecule has 0 bridgehead atoms. The van der Waals surface area contributed by atoms with Crippen molar-refractivity contribution >= 4 is 0 Å². The normalized spacial score (nSPS) is 30.2. The van der Waals surface area contributed by atoms with Crippen molar-refractivity contribution in [1.82, 2.24) is 5.32 Å². The van der Waals surface area contributed by atoms with Crippen molar-refractivity contribution in [3.63, 3.8) is 0 Å². The molecule has 1 heterocycles. The molecule has 0 amide bonds. The van der Waals surface area contributed by atoms with Crippen LogP contribution < -0.4 is 5.32 Å². The summed E-state index contributed by atoms with van der Waals surface area (Å²) < 4.78 is 5.70. The van der Waals surface area contributed by atoms with Crippen LogP contribution in [0.5, 0.6) is 0 Å². The maximum Gasteiger partial charge on any atom is 0.0575 e. The molecule has 0 saturated carbocycles. The molecule has 1 fully saturated rings. The second-order valence-electron chi connectivity index (χ2n) is 4.37. The minimum Gasteiger partial charge on any atom is -0.378 e. The van der Waals surface area contributed by atoms with Gasteiger partial charge in [-0.3, -0.25) is 0 Å². The van der Waals surface area contributed by atoms with E-state index in [-0.39, 0.29) is 0 Å². The van der Waals surface area contributed by atoms with Crippen LogP contribution in [0.1, 0.15) is 46.0 Å². The van der Waals surface area contributed by atoms with Crippen molar-refractivity contribution in [2.45, 2.75) is 58.1 Å². The van der Waals surface area contributed by atoms with Crippen LogP contribution in [0, 0.1) is 5.92 Å². The van der Waals surface area contributed by atoms with Crippen molar-refractivity contribution in [2.75, 3.05) is 13.7 Å². The molecule has 3 unspecified atom stereocenters. The van der Waals surface area contributed by atoms with Gasteiger partial charge >= 0.3 is 0 Å². The predicted molar refractivity (Wildman–Crippen MR) is 60.5 cm³/mol. The van der Waals surface area contributed by atoms with Crippen molar-refractivity contribution < 1.29 is 4.74 Å². The molecule has 0 aromatic carbocycles. The monoisotopic (exact) mass is 199 g/mol. The van der Waals surface area contributed by atoms with E-state index >= 15 is 0 Å². The third-order valence-electron chi connectivity index (χ3n) is 3.40. The first-order valence-corrected chi connectivity index (χ1v) is 6.10. The van der Waals surface area contributed by atoms with Gasteiger partial charge in [-0.05, 0) is 38.6 Å². The molecule has 0 aromatic rings. The summed E-state index contributed by atoms with van der Waals surface area (Å²) in [5.74, 6) is 0.832. The smallest absolute Gasteiger partial charge is 0.0575 e. The largest absolute Gasteiger partial charge is 0.378 e. The third-order valence-corrected chi connectivity index (χ3v) is 3.40. The maximum atomic E-state index is 5.70. The number of ether oxygens (including phenoxy) is 1. The standard InChI is InChI=1S/C12H25NO/c1-4-6-12(13-3)10-7-8-14-11(5-2)9-10/h10-13H,4-9H2,1-3H3. The van der Waals surface area contributed by atoms with Crippen LogP contribution in [0.3, 0.4) is 0 Å². The summed E-state index contributed by atoms with van der Waals surface area (Å²) in [4.78, 5) is 0. The zero-order valence-electron chi connectivity index (χ0n) is 9.88. The summed E-state index contributed by atoms with van der Waals surface area (Å²) in [5, 5.41) is 3.46. The van der Waals surface area contributed by atoms with Gasteiger partial charge in [0.2, 0.25) is 0 Å². The molecule has 0 aromatic heterocycles. The molecule has 1 rings (SSSR count). The average Bonchev–Trinajstić information content (AvgIpc) is 2.26. The highest BCUT2D eigenvalue weighted by Crippen LogP contribution is 2.26. The molecule has 2 nitrogen and oxygen atoms in total. The highest BCUT2D eigenvalue weighted by molar-refractivity contribution is 4.80. The quantitative estimate of drug-likeness (QED) is 0.735. The van der Waals surface area contributed by atoms with E-state index in [9.17, 15) is 0 Å². The van der Waals surface area contributed by atoms with E-state index in [2.05, 4.69) is 26.2 Å². The zero-order chi connectivity index (χ0) is 10.4. The number of nitrogens with one attached hydrogen (secondary N) is 1. The Bertz CT molecular complexity index is 149. The van der Waals surface area contributed by atoms with Crippen molar-refractivity contribution in [3.8, 4) is 0 Å². The van der Waals surface area contributed by atoms with Gasteiger partial charge in [0.1, 0.15) is 0 Å². The summed E-state index contributed by atoms with van der Waals surface area (Å²) in [7, 11) is 2.09. The second-order valence-corrected chi connectivity index (χ2v) is 4.37. The molecule has 3 atom stereocenters. The second kappa shape index (κ2) is 6.41. The molecular weight excluding hydrogens is 174 g/mol. The van der Waals surface area contributed by atoms with E-state index < -0.39 is 0 Å². The molecular formula is C12H25NO. The Kier molecular flexibility index (Phi) is 5.49. The zero-order valence-corrected chi connectivity index (χ0v) is 9.88. The van der Waals surface area contributed by atoms with Gasteiger partial charge < -0.3 is 10.1 Å². The fourth-order valence-corrected chi connectivity index (χ4v) is 2.49. The molecule has 14 heavy (non-hydrogen) atoms. The van der Waals surface area contributed by atoms with E-state index in [1.165, 1.54) is 32.1 Å². The Morgan fingerprint density at radius 2 is 2.21 bits per heavy atom. The molecule has 1 N–H and O–H groups in total. The maximum absolute atomic E-state index is 5.70. The van der Waals surface area contributed by atoms with Gasteiger partial charge in [0.25, 0.3) is 0 Å². The molecule has 84 valence electrons. The van der Waals surface area contributed by atoms with Gasteiger partial charge in [-0.2, -0.15) is 0 Å². The third kappa shape index (κ3) is 3.25. The van der Waals surface area contributed by atoms with Crippen LogP contribution in [-0.2, 0) is 4.74 Å². The first kappa shape index (κ1) is 12.0. The molecule has 1 aliphatic rings. The summed E-state index contributed by atoms with van der Waals surface area (Å²) in [5.41, 5.74) is 0. The lowest BCUT2D eigenvalue weighted by Crippen LogP contribution is -2.39. The van der Waals surface area contributed by atoms with Crippen LogP contribution in [-0.4, -0.2) is 25.8 Å². The fraction of sp³-hybridized carbons (Fsp3) is 1.00. The van der Waals surface area contributed by atoms with Crippen molar-refractivity contribution in [3.05, 3.63) is 0 Å². The summed E-state index contributed by atoms with van der Waals surface area (Å²) in [6, 6.07) is 0.706. The van der Waals surface area contributed by atoms with E-state index in [0.29, 0.717) is 12.1 Å². The Morgan fingerprint density at radius 3 is 2.79 bits per heavy atom. The van der Waals surface area contributed by atoms with Crippen LogP contribution in [0.15, 0.2) is 0 Å². The van der Waals surface area contributed by atoms with Gasteiger partial charge in [-0.15, -0.1) is 0 Å². The summed E-state index contributed by atoms with van der Waals surface area (Å²) in [6.07, 6.45) is 6.75. The van der Waals surface area contributed by atoms with Crippen molar-refractivity contribution in [1.29, 1.82) is 0 Å². The van der Waals surface area contributed by atoms with Gasteiger partial charge in [0.05, 0.1) is 6.10 Å². The molecule has 0 radical (unpaired) electrons. The highest BCUT2D eigenvalue weighted by atomic mass is 16.5. The van der Waals surface area contributed by atoms with Crippen molar-refractivity contribution in [2.24, 2.45) is 5.92 Å². The lowest BCUT2D eigenvalue weighted by Gasteiger charge is -2.34. The Hall–Kier alpha value is -0.0800. The van der Waals surface area contributed by atoms with Gasteiger partial charge in [-0.1, -0.05) is 20.3 Å². The fourth-order valence-electron chi connectivity index (χ4n) is 2.49. The molecule has 1 saturated heterocycles. The van der Waals surface area contributed by atoms with E-state index in [1.54, 1.807) is 0 Å². The topological polar surface area (TPSA) is 21.3 Å². The molecule has 0 spiro atoms. The number of rotatable bonds is 5. The lowest BCUT2D eigenvalue weighted by atomic mass is 9.86. The Labute approximate surface area is 88.4 Å². The first-order valence-electron chi connectivity index (χ1n) is 6.10. The average molecular weight is 199 g/mol. The van der Waals surface area contributed by atoms with E-state index in [0.717, 1.165) is 12.5 Å². The summed E-state index contributed by atoms with van der Waals surface area (Å²) in [6.45, 7) is 5.45. The minimum atomic E-state index is 0.515. The highest BCUT2D eigenvalue weighted by Gasteiger charge is 2.26. The van der Waals surface area contributed by atoms with E-state index in [1.807, 2.05) is 0 Å². The minimum absolute atomic E-state index is 0.515. The SMILES string of the molecule is CCCC(NC)C1CCOC(CC)C1. The van der Waals surface area contributed by atoms with Crippen LogP contribution >= 0.6 is 0 Å². The van der Waals surface area contributed by atoms with Crippen LogP contribution in [0.2, 0.25) is 0 Å². The summed E-state index contributed by atoms with van der Waals surface area (Å²) >= 11 is 0. The number of hydrogen-bond acceptors (Lipinski definition) is 2. The molecule has 2 heteroatoms. The lowest BCUT2D eigenvalue weighted by molar-refractivity contribution is -0.0187. The predicted octanol–water partition coefficient (Wildman–Crippen LogP) is 2.58. The first-order chi connectivity index (χ1) is 6.81.